The SMILES string of the molecule is CCNCCC(=O)NCCCC(=O)OC. The second-order valence-electron chi connectivity index (χ2n) is 3.13. The molecule has 0 saturated heterocycles. The van der Waals surface area contributed by atoms with Gasteiger partial charge in [0, 0.05) is 25.9 Å². The molecule has 88 valence electrons. The Bertz CT molecular complexity index is 195. The van der Waals surface area contributed by atoms with Crippen molar-refractivity contribution in [3.05, 3.63) is 0 Å². The minimum atomic E-state index is -0.239. The molecule has 0 aliphatic heterocycles. The highest BCUT2D eigenvalue weighted by Gasteiger charge is 2.02. The van der Waals surface area contributed by atoms with Crippen molar-refractivity contribution >= 4 is 11.9 Å². The van der Waals surface area contributed by atoms with Gasteiger partial charge in [-0.2, -0.15) is 0 Å². The van der Waals surface area contributed by atoms with Crippen LogP contribution in [-0.2, 0) is 14.3 Å². The van der Waals surface area contributed by atoms with Crippen molar-refractivity contribution in [2.75, 3.05) is 26.7 Å². The van der Waals surface area contributed by atoms with E-state index in [1.807, 2.05) is 6.92 Å². The van der Waals surface area contributed by atoms with Gasteiger partial charge in [-0.1, -0.05) is 6.92 Å². The molecule has 0 aromatic rings. The van der Waals surface area contributed by atoms with Crippen LogP contribution in [-0.4, -0.2) is 38.6 Å². The van der Waals surface area contributed by atoms with Gasteiger partial charge in [-0.15, -0.1) is 0 Å². The van der Waals surface area contributed by atoms with Gasteiger partial charge in [0.2, 0.25) is 5.91 Å². The fraction of sp³-hybridized carbons (Fsp3) is 0.800. The number of amides is 1. The first-order chi connectivity index (χ1) is 7.20. The van der Waals surface area contributed by atoms with E-state index in [-0.39, 0.29) is 11.9 Å². The van der Waals surface area contributed by atoms with E-state index in [4.69, 9.17) is 0 Å². The zero-order valence-corrected chi connectivity index (χ0v) is 9.47. The molecule has 0 rings (SSSR count). The zero-order chi connectivity index (χ0) is 11.5. The number of esters is 1. The Balaban J connectivity index is 3.27. The molecule has 0 atom stereocenters. The van der Waals surface area contributed by atoms with Gasteiger partial charge in [-0.3, -0.25) is 9.59 Å². The smallest absolute Gasteiger partial charge is 0.305 e. The average molecular weight is 216 g/mol. The number of carbonyl (C=O) groups excluding carboxylic acids is 2. The van der Waals surface area contributed by atoms with E-state index in [1.54, 1.807) is 0 Å². The van der Waals surface area contributed by atoms with Crippen molar-refractivity contribution in [1.82, 2.24) is 10.6 Å². The number of hydrogen-bond donors (Lipinski definition) is 2. The maximum atomic E-state index is 11.2. The monoisotopic (exact) mass is 216 g/mol. The van der Waals surface area contributed by atoms with Gasteiger partial charge < -0.3 is 15.4 Å². The fourth-order valence-electron chi connectivity index (χ4n) is 1.03. The standard InChI is InChI=1S/C10H20N2O3/c1-3-11-8-6-9(13)12-7-4-5-10(14)15-2/h11H,3-8H2,1-2H3,(H,12,13). The third-order valence-corrected chi connectivity index (χ3v) is 1.89. The lowest BCUT2D eigenvalue weighted by atomic mass is 10.3. The van der Waals surface area contributed by atoms with Crippen molar-refractivity contribution in [2.24, 2.45) is 0 Å². The van der Waals surface area contributed by atoms with E-state index in [1.165, 1.54) is 7.11 Å². The number of methoxy groups -OCH3 is 1. The predicted molar refractivity (Wildman–Crippen MR) is 57.4 cm³/mol. The third kappa shape index (κ3) is 9.21. The quantitative estimate of drug-likeness (QED) is 0.444. The molecule has 0 fully saturated rings. The van der Waals surface area contributed by atoms with E-state index in [0.29, 0.717) is 32.4 Å². The van der Waals surface area contributed by atoms with Gasteiger partial charge in [0.05, 0.1) is 7.11 Å². The normalized spacial score (nSPS) is 9.73. The molecule has 15 heavy (non-hydrogen) atoms. The van der Waals surface area contributed by atoms with Gasteiger partial charge in [-0.25, -0.2) is 0 Å². The Morgan fingerprint density at radius 3 is 2.53 bits per heavy atom. The van der Waals surface area contributed by atoms with E-state index in [9.17, 15) is 9.59 Å². The molecule has 5 nitrogen and oxygen atoms in total. The van der Waals surface area contributed by atoms with E-state index in [2.05, 4.69) is 15.4 Å². The number of hydrogen-bond acceptors (Lipinski definition) is 4. The molecule has 0 spiro atoms. The zero-order valence-electron chi connectivity index (χ0n) is 9.47. The Morgan fingerprint density at radius 2 is 1.93 bits per heavy atom. The van der Waals surface area contributed by atoms with Crippen LogP contribution in [0.4, 0.5) is 0 Å². The van der Waals surface area contributed by atoms with Crippen molar-refractivity contribution in [2.45, 2.75) is 26.2 Å². The van der Waals surface area contributed by atoms with Crippen LogP contribution >= 0.6 is 0 Å². The van der Waals surface area contributed by atoms with Crippen molar-refractivity contribution in [3.8, 4) is 0 Å². The van der Waals surface area contributed by atoms with Crippen LogP contribution in [0, 0.1) is 0 Å². The Kier molecular flexibility index (Phi) is 8.76. The van der Waals surface area contributed by atoms with Crippen LogP contribution in [0.15, 0.2) is 0 Å². The largest absolute Gasteiger partial charge is 0.469 e. The van der Waals surface area contributed by atoms with E-state index < -0.39 is 0 Å². The van der Waals surface area contributed by atoms with Crippen molar-refractivity contribution in [1.29, 1.82) is 0 Å². The van der Waals surface area contributed by atoms with E-state index in [0.717, 1.165) is 6.54 Å². The molecular weight excluding hydrogens is 196 g/mol. The summed E-state index contributed by atoms with van der Waals surface area (Å²) in [6.07, 6.45) is 1.45. The number of carbonyl (C=O) groups is 2. The molecule has 0 aliphatic carbocycles. The summed E-state index contributed by atoms with van der Waals surface area (Å²) in [6.45, 7) is 4.09. The second kappa shape index (κ2) is 9.45. The molecule has 0 bridgehead atoms. The Labute approximate surface area is 90.6 Å². The minimum absolute atomic E-state index is 0.0146. The van der Waals surface area contributed by atoms with Crippen molar-refractivity contribution < 1.29 is 14.3 Å². The molecule has 0 radical (unpaired) electrons. The van der Waals surface area contributed by atoms with Crippen LogP contribution in [0.1, 0.15) is 26.2 Å². The lowest BCUT2D eigenvalue weighted by molar-refractivity contribution is -0.140. The van der Waals surface area contributed by atoms with Gasteiger partial charge in [0.15, 0.2) is 0 Å². The number of ether oxygens (including phenoxy) is 1. The maximum Gasteiger partial charge on any atom is 0.305 e. The molecule has 0 saturated carbocycles. The first kappa shape index (κ1) is 13.9. The minimum Gasteiger partial charge on any atom is -0.469 e. The van der Waals surface area contributed by atoms with Gasteiger partial charge in [-0.05, 0) is 13.0 Å². The highest BCUT2D eigenvalue weighted by molar-refractivity contribution is 5.76. The summed E-state index contributed by atoms with van der Waals surface area (Å²) in [5.41, 5.74) is 0. The van der Waals surface area contributed by atoms with Gasteiger partial charge in [0.25, 0.3) is 0 Å². The molecular formula is C10H20N2O3. The molecule has 2 N–H and O–H groups in total. The van der Waals surface area contributed by atoms with E-state index >= 15 is 0 Å². The van der Waals surface area contributed by atoms with Crippen LogP contribution in [0.2, 0.25) is 0 Å². The number of rotatable bonds is 8. The van der Waals surface area contributed by atoms with Crippen LogP contribution in [0.25, 0.3) is 0 Å². The number of nitrogens with one attached hydrogen (secondary N) is 2. The predicted octanol–water partition coefficient (Wildman–Crippen LogP) is 0.0554. The fourth-order valence-corrected chi connectivity index (χ4v) is 1.03. The summed E-state index contributed by atoms with van der Waals surface area (Å²) >= 11 is 0. The highest BCUT2D eigenvalue weighted by Crippen LogP contribution is 1.89. The first-order valence-electron chi connectivity index (χ1n) is 5.25. The van der Waals surface area contributed by atoms with Crippen LogP contribution in [0.5, 0.6) is 0 Å². The Morgan fingerprint density at radius 1 is 1.20 bits per heavy atom. The molecule has 0 aromatic heterocycles. The summed E-state index contributed by atoms with van der Waals surface area (Å²) in [7, 11) is 1.36. The molecule has 0 aromatic carbocycles. The molecule has 5 heteroatoms. The summed E-state index contributed by atoms with van der Waals surface area (Å²) in [4.78, 5) is 21.9. The van der Waals surface area contributed by atoms with Crippen LogP contribution in [0.3, 0.4) is 0 Å². The first-order valence-corrected chi connectivity index (χ1v) is 5.25. The third-order valence-electron chi connectivity index (χ3n) is 1.89. The summed E-state index contributed by atoms with van der Waals surface area (Å²) in [5.74, 6) is -0.224. The molecule has 1 amide bonds. The Hall–Kier alpha value is -1.10. The molecule has 0 aliphatic rings. The van der Waals surface area contributed by atoms with Crippen molar-refractivity contribution in [3.63, 3.8) is 0 Å². The molecule has 0 heterocycles. The average Bonchev–Trinajstić information content (AvgIpc) is 2.24. The molecule has 0 unspecified atom stereocenters. The van der Waals surface area contributed by atoms with Gasteiger partial charge in [0.1, 0.15) is 0 Å². The second-order valence-corrected chi connectivity index (χ2v) is 3.13. The van der Waals surface area contributed by atoms with Gasteiger partial charge >= 0.3 is 5.97 Å². The topological polar surface area (TPSA) is 67.4 Å². The summed E-state index contributed by atoms with van der Waals surface area (Å²) < 4.78 is 4.48. The lowest BCUT2D eigenvalue weighted by Crippen LogP contribution is -2.28. The van der Waals surface area contributed by atoms with Crippen LogP contribution < -0.4 is 10.6 Å². The summed E-state index contributed by atoms with van der Waals surface area (Å²) in [5, 5.41) is 5.80. The lowest BCUT2D eigenvalue weighted by Gasteiger charge is -2.04. The highest BCUT2D eigenvalue weighted by atomic mass is 16.5. The maximum absolute atomic E-state index is 11.2. The summed E-state index contributed by atoms with van der Waals surface area (Å²) in [6, 6.07) is 0.